The van der Waals surface area contributed by atoms with Crippen LogP contribution in [0.15, 0.2) is 224 Å². The highest BCUT2D eigenvalue weighted by Gasteiger charge is 2.52. The predicted molar refractivity (Wildman–Crippen MR) is 234 cm³/mol. The van der Waals surface area contributed by atoms with Gasteiger partial charge >= 0.3 is 0 Å². The highest BCUT2D eigenvalue weighted by Crippen LogP contribution is 2.63. The van der Waals surface area contributed by atoms with E-state index >= 15 is 0 Å². The number of para-hydroxylation sites is 1. The second-order valence-electron chi connectivity index (χ2n) is 14.8. The highest BCUT2D eigenvalue weighted by atomic mass is 15.1. The van der Waals surface area contributed by atoms with Gasteiger partial charge in [0.25, 0.3) is 0 Å². The maximum atomic E-state index is 2.49. The van der Waals surface area contributed by atoms with Crippen LogP contribution < -0.4 is 4.90 Å². The summed E-state index contributed by atoms with van der Waals surface area (Å²) in [5.41, 5.74) is 20.6. The minimum Gasteiger partial charge on any atom is -0.310 e. The van der Waals surface area contributed by atoms with Gasteiger partial charge in [-0.15, -0.1) is 0 Å². The summed E-state index contributed by atoms with van der Waals surface area (Å²) < 4.78 is 0. The molecule has 9 aromatic rings. The summed E-state index contributed by atoms with van der Waals surface area (Å²) >= 11 is 0. The van der Waals surface area contributed by atoms with Crippen LogP contribution in [0.3, 0.4) is 0 Å². The Morgan fingerprint density at radius 2 is 0.661 bits per heavy atom. The minimum absolute atomic E-state index is 0.486. The summed E-state index contributed by atoms with van der Waals surface area (Å²) in [6, 6.07) is 82.5. The van der Waals surface area contributed by atoms with Gasteiger partial charge in [0.2, 0.25) is 0 Å². The zero-order valence-electron chi connectivity index (χ0n) is 30.8. The van der Waals surface area contributed by atoms with Gasteiger partial charge in [0, 0.05) is 16.9 Å². The molecule has 0 unspecified atom stereocenters. The normalized spacial score (nSPS) is 12.8. The molecular formula is C55H37N. The van der Waals surface area contributed by atoms with E-state index in [0.717, 1.165) is 17.1 Å². The van der Waals surface area contributed by atoms with E-state index in [0.29, 0.717) is 0 Å². The third kappa shape index (κ3) is 4.88. The highest BCUT2D eigenvalue weighted by molar-refractivity contribution is 5.98. The number of anilines is 3. The standard InChI is InChI=1S/C55H37N/c1-4-16-38(17-5-1)40-28-31-43(32-29-40)56(54-27-15-12-22-45(54)41-20-8-3-9-21-41)44-33-35-49-48-34-30-42(39-18-6-2-7-19-39)36-52(48)55(53(49)37-44)50-25-13-10-23-46(50)47-24-11-14-26-51(47)55/h1-37H. The second kappa shape index (κ2) is 13.0. The Morgan fingerprint density at radius 1 is 0.250 bits per heavy atom. The molecule has 1 spiro atoms. The van der Waals surface area contributed by atoms with E-state index in [1.807, 2.05) is 0 Å². The molecule has 0 radical (unpaired) electrons. The molecule has 0 saturated carbocycles. The molecule has 0 fully saturated rings. The zero-order chi connectivity index (χ0) is 37.1. The first-order valence-corrected chi connectivity index (χ1v) is 19.4. The summed E-state index contributed by atoms with van der Waals surface area (Å²) in [7, 11) is 0. The van der Waals surface area contributed by atoms with Crippen molar-refractivity contribution >= 4 is 17.1 Å². The number of nitrogens with zero attached hydrogens (tertiary/aromatic N) is 1. The van der Waals surface area contributed by atoms with E-state index in [1.165, 1.54) is 77.9 Å². The van der Waals surface area contributed by atoms with Crippen molar-refractivity contribution in [3.8, 4) is 55.6 Å². The molecule has 2 aliphatic rings. The zero-order valence-corrected chi connectivity index (χ0v) is 30.8. The summed E-state index contributed by atoms with van der Waals surface area (Å²) in [5, 5.41) is 0. The monoisotopic (exact) mass is 711 g/mol. The van der Waals surface area contributed by atoms with Crippen molar-refractivity contribution in [3.63, 3.8) is 0 Å². The maximum absolute atomic E-state index is 2.49. The SMILES string of the molecule is c1ccc(-c2ccc(N(c3ccc4c(c3)C3(c5ccccc5-c5ccccc53)c3cc(-c5ccccc5)ccc3-4)c3ccccc3-c3ccccc3)cc2)cc1. The summed E-state index contributed by atoms with van der Waals surface area (Å²) in [6.45, 7) is 0. The van der Waals surface area contributed by atoms with Gasteiger partial charge in [-0.05, 0) is 109 Å². The minimum atomic E-state index is -0.486. The Hall–Kier alpha value is -7.22. The Morgan fingerprint density at radius 3 is 1.29 bits per heavy atom. The molecule has 0 aliphatic heterocycles. The van der Waals surface area contributed by atoms with Crippen molar-refractivity contribution in [3.05, 3.63) is 247 Å². The molecule has 0 bridgehead atoms. The molecule has 0 atom stereocenters. The average molecular weight is 712 g/mol. The molecule has 11 rings (SSSR count). The third-order valence-electron chi connectivity index (χ3n) is 11.9. The lowest BCUT2D eigenvalue weighted by Gasteiger charge is -2.33. The molecule has 1 nitrogen and oxygen atoms in total. The van der Waals surface area contributed by atoms with Gasteiger partial charge in [-0.1, -0.05) is 188 Å². The largest absolute Gasteiger partial charge is 0.310 e. The molecule has 9 aromatic carbocycles. The summed E-state index contributed by atoms with van der Waals surface area (Å²) in [4.78, 5) is 2.45. The fraction of sp³-hybridized carbons (Fsp3) is 0.0182. The summed E-state index contributed by atoms with van der Waals surface area (Å²) in [6.07, 6.45) is 0. The number of benzene rings is 9. The average Bonchev–Trinajstić information content (AvgIpc) is 3.74. The van der Waals surface area contributed by atoms with Crippen LogP contribution >= 0.6 is 0 Å². The Balaban J connectivity index is 1.18. The van der Waals surface area contributed by atoms with Gasteiger partial charge in [-0.25, -0.2) is 0 Å². The van der Waals surface area contributed by atoms with Gasteiger partial charge in [-0.3, -0.25) is 0 Å². The Kier molecular flexibility index (Phi) is 7.47. The van der Waals surface area contributed by atoms with Crippen LogP contribution in [0.4, 0.5) is 17.1 Å². The molecular weight excluding hydrogens is 675 g/mol. The first-order chi connectivity index (χ1) is 27.8. The topological polar surface area (TPSA) is 3.24 Å². The molecule has 262 valence electrons. The van der Waals surface area contributed by atoms with Crippen LogP contribution in [0.2, 0.25) is 0 Å². The van der Waals surface area contributed by atoms with Gasteiger partial charge < -0.3 is 4.90 Å². The first-order valence-electron chi connectivity index (χ1n) is 19.4. The van der Waals surface area contributed by atoms with Crippen LogP contribution in [-0.4, -0.2) is 0 Å². The van der Waals surface area contributed by atoms with Crippen LogP contribution in [0.25, 0.3) is 55.6 Å². The van der Waals surface area contributed by atoms with E-state index in [1.54, 1.807) is 0 Å². The summed E-state index contributed by atoms with van der Waals surface area (Å²) in [5.74, 6) is 0. The van der Waals surface area contributed by atoms with Crippen molar-refractivity contribution in [1.29, 1.82) is 0 Å². The molecule has 0 saturated heterocycles. The molecule has 2 aliphatic carbocycles. The van der Waals surface area contributed by atoms with E-state index in [-0.39, 0.29) is 0 Å². The van der Waals surface area contributed by atoms with Crippen LogP contribution in [0.5, 0.6) is 0 Å². The molecule has 0 heterocycles. The van der Waals surface area contributed by atoms with Crippen molar-refractivity contribution in [1.82, 2.24) is 0 Å². The molecule has 0 aromatic heterocycles. The van der Waals surface area contributed by atoms with Gasteiger partial charge in [0.05, 0.1) is 11.1 Å². The number of hydrogen-bond donors (Lipinski definition) is 0. The number of fused-ring (bicyclic) bond motifs is 10. The van der Waals surface area contributed by atoms with E-state index in [4.69, 9.17) is 0 Å². The van der Waals surface area contributed by atoms with Crippen molar-refractivity contribution in [2.45, 2.75) is 5.41 Å². The lowest BCUT2D eigenvalue weighted by molar-refractivity contribution is 0.794. The number of hydrogen-bond acceptors (Lipinski definition) is 1. The van der Waals surface area contributed by atoms with E-state index in [2.05, 4.69) is 229 Å². The maximum Gasteiger partial charge on any atom is 0.0726 e. The Labute approximate surface area is 328 Å². The number of rotatable bonds is 6. The first kappa shape index (κ1) is 32.2. The van der Waals surface area contributed by atoms with Crippen molar-refractivity contribution in [2.75, 3.05) is 4.90 Å². The lowest BCUT2D eigenvalue weighted by atomic mass is 9.70. The van der Waals surface area contributed by atoms with Crippen LogP contribution in [-0.2, 0) is 5.41 Å². The lowest BCUT2D eigenvalue weighted by Crippen LogP contribution is -2.26. The molecule has 1 heteroatoms. The quantitative estimate of drug-likeness (QED) is 0.166. The molecule has 0 amide bonds. The predicted octanol–water partition coefficient (Wildman–Crippen LogP) is 14.5. The second-order valence-corrected chi connectivity index (χ2v) is 14.8. The fourth-order valence-corrected chi connectivity index (χ4v) is 9.47. The van der Waals surface area contributed by atoms with Gasteiger partial charge in [0.1, 0.15) is 0 Å². The van der Waals surface area contributed by atoms with E-state index in [9.17, 15) is 0 Å². The van der Waals surface area contributed by atoms with Gasteiger partial charge in [0.15, 0.2) is 0 Å². The van der Waals surface area contributed by atoms with E-state index < -0.39 is 5.41 Å². The van der Waals surface area contributed by atoms with Crippen molar-refractivity contribution in [2.24, 2.45) is 0 Å². The smallest absolute Gasteiger partial charge is 0.0726 e. The fourth-order valence-electron chi connectivity index (χ4n) is 9.47. The van der Waals surface area contributed by atoms with Crippen molar-refractivity contribution < 1.29 is 0 Å². The van der Waals surface area contributed by atoms with Crippen LogP contribution in [0, 0.1) is 0 Å². The Bertz CT molecular complexity index is 2850. The third-order valence-corrected chi connectivity index (χ3v) is 11.9. The van der Waals surface area contributed by atoms with Gasteiger partial charge in [-0.2, -0.15) is 0 Å². The molecule has 0 N–H and O–H groups in total. The van der Waals surface area contributed by atoms with Crippen LogP contribution in [0.1, 0.15) is 22.3 Å². The molecule has 56 heavy (non-hydrogen) atoms.